The van der Waals surface area contributed by atoms with Crippen molar-refractivity contribution < 1.29 is 4.79 Å². The molecule has 1 aromatic heterocycles. The minimum absolute atomic E-state index is 0.128. The molecule has 0 saturated carbocycles. The van der Waals surface area contributed by atoms with Crippen LogP contribution in [-0.4, -0.2) is 20.5 Å². The predicted octanol–water partition coefficient (Wildman–Crippen LogP) is 4.20. The van der Waals surface area contributed by atoms with Crippen molar-refractivity contribution in [3.8, 4) is 5.69 Å². The van der Waals surface area contributed by atoms with E-state index in [0.717, 1.165) is 0 Å². The van der Waals surface area contributed by atoms with Gasteiger partial charge in [-0.25, -0.2) is 9.67 Å². The lowest BCUT2D eigenvalue weighted by Crippen LogP contribution is -2.10. The van der Waals surface area contributed by atoms with Gasteiger partial charge in [0.2, 0.25) is 0 Å². The maximum Gasteiger partial charge on any atom is 0.195 e. The van der Waals surface area contributed by atoms with Crippen molar-refractivity contribution in [3.63, 3.8) is 0 Å². The fourth-order valence-electron chi connectivity index (χ4n) is 2.36. The quantitative estimate of drug-likeness (QED) is 0.525. The van der Waals surface area contributed by atoms with Gasteiger partial charge in [0.15, 0.2) is 5.78 Å². The number of nitrogens with zero attached hydrogens (tertiary/aromatic N) is 3. The Morgan fingerprint density at radius 3 is 2.61 bits per heavy atom. The molecule has 4 nitrogen and oxygen atoms in total. The molecule has 1 heterocycles. The average Bonchev–Trinajstić information content (AvgIpc) is 2.95. The minimum Gasteiger partial charge on any atom is -0.289 e. The first kappa shape index (κ1) is 15.7. The van der Waals surface area contributed by atoms with Crippen molar-refractivity contribution in [1.82, 2.24) is 14.8 Å². The van der Waals surface area contributed by atoms with Gasteiger partial charge < -0.3 is 0 Å². The molecule has 3 rings (SSSR count). The standard InChI is InChI=1S/C17H13Cl2N3O/c1-11-20-16(10-18)22(21-11)15-8-7-13(19)9-14(15)17(23)12-5-3-2-4-6-12/h2-9H,10H2,1H3. The third-order valence-corrected chi connectivity index (χ3v) is 3.84. The van der Waals surface area contributed by atoms with Crippen molar-refractivity contribution >= 4 is 29.0 Å². The van der Waals surface area contributed by atoms with Crippen molar-refractivity contribution in [1.29, 1.82) is 0 Å². The van der Waals surface area contributed by atoms with Crippen LogP contribution >= 0.6 is 23.2 Å². The summed E-state index contributed by atoms with van der Waals surface area (Å²) in [5, 5.41) is 4.83. The second-order valence-electron chi connectivity index (χ2n) is 4.98. The first-order valence-corrected chi connectivity index (χ1v) is 7.89. The van der Waals surface area contributed by atoms with Crippen LogP contribution in [0.25, 0.3) is 5.69 Å². The molecule has 0 spiro atoms. The van der Waals surface area contributed by atoms with Crippen LogP contribution in [0.1, 0.15) is 27.6 Å². The van der Waals surface area contributed by atoms with E-state index in [9.17, 15) is 4.79 Å². The largest absolute Gasteiger partial charge is 0.289 e. The Hall–Kier alpha value is -2.17. The summed E-state index contributed by atoms with van der Waals surface area (Å²) >= 11 is 12.0. The Morgan fingerprint density at radius 1 is 1.17 bits per heavy atom. The second-order valence-corrected chi connectivity index (χ2v) is 5.68. The zero-order valence-electron chi connectivity index (χ0n) is 12.3. The van der Waals surface area contributed by atoms with E-state index < -0.39 is 0 Å². The second kappa shape index (κ2) is 6.52. The number of hydrogen-bond acceptors (Lipinski definition) is 3. The number of aryl methyl sites for hydroxylation is 1. The molecular weight excluding hydrogens is 333 g/mol. The van der Waals surface area contributed by atoms with Crippen molar-refractivity contribution in [2.45, 2.75) is 12.8 Å². The Labute approximate surface area is 143 Å². The maximum atomic E-state index is 12.8. The topological polar surface area (TPSA) is 47.8 Å². The number of ketones is 1. The summed E-state index contributed by atoms with van der Waals surface area (Å²) in [5.74, 6) is 1.24. The zero-order chi connectivity index (χ0) is 16.4. The molecule has 0 bridgehead atoms. The SMILES string of the molecule is Cc1nc(CCl)n(-c2ccc(Cl)cc2C(=O)c2ccccc2)n1. The van der Waals surface area contributed by atoms with Gasteiger partial charge in [-0.05, 0) is 25.1 Å². The van der Waals surface area contributed by atoms with Crippen molar-refractivity contribution in [2.75, 3.05) is 0 Å². The zero-order valence-corrected chi connectivity index (χ0v) is 13.8. The third kappa shape index (κ3) is 3.14. The molecular formula is C17H13Cl2N3O. The molecule has 116 valence electrons. The van der Waals surface area contributed by atoms with Gasteiger partial charge in [0.05, 0.1) is 11.6 Å². The molecule has 0 aliphatic carbocycles. The Morgan fingerprint density at radius 2 is 1.91 bits per heavy atom. The van der Waals surface area contributed by atoms with Gasteiger partial charge in [0.25, 0.3) is 0 Å². The highest BCUT2D eigenvalue weighted by Crippen LogP contribution is 2.24. The van der Waals surface area contributed by atoms with Crippen LogP contribution in [0, 0.1) is 6.92 Å². The summed E-state index contributed by atoms with van der Waals surface area (Å²) in [5.41, 5.74) is 1.65. The number of aromatic nitrogens is 3. The molecule has 0 atom stereocenters. The molecule has 0 amide bonds. The number of rotatable bonds is 4. The lowest BCUT2D eigenvalue weighted by molar-refractivity contribution is 0.103. The number of hydrogen-bond donors (Lipinski definition) is 0. The summed E-state index contributed by atoms with van der Waals surface area (Å²) in [4.78, 5) is 17.1. The van der Waals surface area contributed by atoms with Crippen molar-refractivity contribution in [3.05, 3.63) is 76.3 Å². The highest BCUT2D eigenvalue weighted by atomic mass is 35.5. The molecule has 0 N–H and O–H groups in total. The lowest BCUT2D eigenvalue weighted by Gasteiger charge is -2.11. The summed E-state index contributed by atoms with van der Waals surface area (Å²) in [6.45, 7) is 1.78. The summed E-state index contributed by atoms with van der Waals surface area (Å²) < 4.78 is 1.59. The van der Waals surface area contributed by atoms with Gasteiger partial charge in [0, 0.05) is 16.1 Å². The summed E-state index contributed by atoms with van der Waals surface area (Å²) in [6, 6.07) is 14.1. The summed E-state index contributed by atoms with van der Waals surface area (Å²) in [6.07, 6.45) is 0. The number of alkyl halides is 1. The van der Waals surface area contributed by atoms with E-state index in [1.807, 2.05) is 18.2 Å². The molecule has 0 unspecified atom stereocenters. The average molecular weight is 346 g/mol. The molecule has 6 heteroatoms. The predicted molar refractivity (Wildman–Crippen MR) is 90.5 cm³/mol. The Balaban J connectivity index is 2.17. The molecule has 0 saturated heterocycles. The van der Waals surface area contributed by atoms with Gasteiger partial charge in [-0.1, -0.05) is 41.9 Å². The van der Waals surface area contributed by atoms with E-state index in [2.05, 4.69) is 10.1 Å². The molecule has 0 radical (unpaired) electrons. The van der Waals surface area contributed by atoms with Crippen molar-refractivity contribution in [2.24, 2.45) is 0 Å². The Bertz CT molecular complexity index is 860. The number of halogens is 2. The molecule has 23 heavy (non-hydrogen) atoms. The highest BCUT2D eigenvalue weighted by molar-refractivity contribution is 6.31. The van der Waals surface area contributed by atoms with Crippen LogP contribution < -0.4 is 0 Å². The Kier molecular flexibility index (Phi) is 4.46. The smallest absolute Gasteiger partial charge is 0.195 e. The first-order valence-electron chi connectivity index (χ1n) is 6.98. The van der Waals surface area contributed by atoms with Gasteiger partial charge in [0.1, 0.15) is 11.6 Å². The van der Waals surface area contributed by atoms with E-state index in [1.54, 1.807) is 41.9 Å². The molecule has 0 fully saturated rings. The number of carbonyl (C=O) groups excluding carboxylic acids is 1. The normalized spacial score (nSPS) is 10.7. The monoisotopic (exact) mass is 345 g/mol. The van der Waals surface area contributed by atoms with Crippen LogP contribution in [0.4, 0.5) is 0 Å². The molecule has 0 aliphatic rings. The fraction of sp³-hybridized carbons (Fsp3) is 0.118. The van der Waals surface area contributed by atoms with E-state index in [4.69, 9.17) is 23.2 Å². The lowest BCUT2D eigenvalue weighted by atomic mass is 10.0. The molecule has 0 aliphatic heterocycles. The maximum absolute atomic E-state index is 12.8. The van der Waals surface area contributed by atoms with E-state index in [-0.39, 0.29) is 11.7 Å². The van der Waals surface area contributed by atoms with E-state index >= 15 is 0 Å². The fourth-order valence-corrected chi connectivity index (χ4v) is 2.70. The van der Waals surface area contributed by atoms with Crippen LogP contribution in [0.3, 0.4) is 0 Å². The van der Waals surface area contributed by atoms with Crippen LogP contribution in [0.5, 0.6) is 0 Å². The third-order valence-electron chi connectivity index (χ3n) is 3.37. The summed E-state index contributed by atoms with van der Waals surface area (Å²) in [7, 11) is 0. The first-order chi connectivity index (χ1) is 11.1. The van der Waals surface area contributed by atoms with Crippen LogP contribution in [0.2, 0.25) is 5.02 Å². The number of carbonyl (C=O) groups is 1. The van der Waals surface area contributed by atoms with E-state index in [0.29, 0.717) is 33.5 Å². The van der Waals surface area contributed by atoms with Gasteiger partial charge in [-0.15, -0.1) is 11.6 Å². The minimum atomic E-state index is -0.128. The van der Waals surface area contributed by atoms with Gasteiger partial charge in [-0.3, -0.25) is 4.79 Å². The highest BCUT2D eigenvalue weighted by Gasteiger charge is 2.18. The van der Waals surface area contributed by atoms with Crippen LogP contribution in [0.15, 0.2) is 48.5 Å². The number of benzene rings is 2. The van der Waals surface area contributed by atoms with Crippen LogP contribution in [-0.2, 0) is 5.88 Å². The van der Waals surface area contributed by atoms with Gasteiger partial charge in [-0.2, -0.15) is 5.10 Å². The van der Waals surface area contributed by atoms with Gasteiger partial charge >= 0.3 is 0 Å². The molecule has 3 aromatic rings. The molecule has 2 aromatic carbocycles. The van der Waals surface area contributed by atoms with E-state index in [1.165, 1.54) is 0 Å².